The van der Waals surface area contributed by atoms with Gasteiger partial charge in [-0.25, -0.2) is 9.82 Å². The molecule has 1 heterocycles. The number of ether oxygens (including phenoxy) is 1. The van der Waals surface area contributed by atoms with Gasteiger partial charge in [-0.2, -0.15) is 5.10 Å². The van der Waals surface area contributed by atoms with Crippen molar-refractivity contribution in [2.45, 2.75) is 13.0 Å². The van der Waals surface area contributed by atoms with Crippen LogP contribution in [-0.4, -0.2) is 24.6 Å². The number of hydrogen-bond donors (Lipinski definition) is 1. The van der Waals surface area contributed by atoms with Crippen LogP contribution in [0.3, 0.4) is 0 Å². The number of hydrazone groups is 1. The molecule has 1 fully saturated rings. The second kappa shape index (κ2) is 10.7. The van der Waals surface area contributed by atoms with E-state index in [0.717, 1.165) is 11.1 Å². The van der Waals surface area contributed by atoms with E-state index in [1.165, 1.54) is 35.4 Å². The van der Waals surface area contributed by atoms with E-state index in [0.29, 0.717) is 21.5 Å². The average Bonchev–Trinajstić information content (AvgIpc) is 3.21. The number of carbonyl (C=O) groups excluding carboxylic acids is 2. The van der Waals surface area contributed by atoms with Crippen molar-refractivity contribution in [3.8, 4) is 5.75 Å². The molecule has 1 aliphatic rings. The van der Waals surface area contributed by atoms with Crippen molar-refractivity contribution in [1.82, 2.24) is 5.43 Å². The van der Waals surface area contributed by atoms with E-state index >= 15 is 0 Å². The highest BCUT2D eigenvalue weighted by atomic mass is 35.5. The molecule has 9 heteroatoms. The van der Waals surface area contributed by atoms with Gasteiger partial charge in [0, 0.05) is 34.3 Å². The predicted molar refractivity (Wildman–Crippen MR) is 130 cm³/mol. The van der Waals surface area contributed by atoms with Gasteiger partial charge in [-0.1, -0.05) is 41.4 Å². The topological polar surface area (TPSA) is 71.0 Å². The van der Waals surface area contributed by atoms with Gasteiger partial charge in [-0.15, -0.1) is 0 Å². The lowest BCUT2D eigenvalue weighted by Gasteiger charge is -2.16. The molecule has 4 rings (SSSR count). The number of carbonyl (C=O) groups is 2. The summed E-state index contributed by atoms with van der Waals surface area (Å²) >= 11 is 12.1. The first-order valence-corrected chi connectivity index (χ1v) is 11.2. The van der Waals surface area contributed by atoms with E-state index in [9.17, 15) is 14.0 Å². The molecule has 2 amide bonds. The van der Waals surface area contributed by atoms with Crippen LogP contribution in [0, 0.1) is 11.7 Å². The Hall–Kier alpha value is -3.42. The number of benzene rings is 3. The summed E-state index contributed by atoms with van der Waals surface area (Å²) in [6, 6.07) is 18.0. The molecule has 0 aliphatic carbocycles. The molecule has 0 spiro atoms. The Bertz CT molecular complexity index is 1230. The summed E-state index contributed by atoms with van der Waals surface area (Å²) in [5, 5.41) is 5.09. The van der Waals surface area contributed by atoms with Crippen molar-refractivity contribution >= 4 is 46.9 Å². The summed E-state index contributed by atoms with van der Waals surface area (Å²) in [6.45, 7) is 0.482. The van der Waals surface area contributed by atoms with Gasteiger partial charge in [-0.3, -0.25) is 9.59 Å². The number of hydrogen-bond acceptors (Lipinski definition) is 4. The van der Waals surface area contributed by atoms with Crippen LogP contribution in [0.25, 0.3) is 0 Å². The van der Waals surface area contributed by atoms with Crippen molar-refractivity contribution in [1.29, 1.82) is 0 Å². The molecule has 1 N–H and O–H groups in total. The number of amides is 2. The lowest BCUT2D eigenvalue weighted by Crippen LogP contribution is -2.30. The molecule has 0 radical (unpaired) electrons. The monoisotopic (exact) mass is 499 g/mol. The van der Waals surface area contributed by atoms with E-state index < -0.39 is 5.92 Å². The summed E-state index contributed by atoms with van der Waals surface area (Å²) in [6.07, 6.45) is 1.56. The van der Waals surface area contributed by atoms with Gasteiger partial charge in [0.25, 0.3) is 0 Å². The fourth-order valence-corrected chi connectivity index (χ4v) is 3.96. The van der Waals surface area contributed by atoms with E-state index in [2.05, 4.69) is 10.5 Å². The Labute approximate surface area is 205 Å². The van der Waals surface area contributed by atoms with Crippen molar-refractivity contribution in [3.05, 3.63) is 93.7 Å². The van der Waals surface area contributed by atoms with Crippen molar-refractivity contribution < 1.29 is 18.7 Å². The fraction of sp³-hybridized carbons (Fsp3) is 0.160. The Morgan fingerprint density at radius 1 is 1.15 bits per heavy atom. The zero-order chi connectivity index (χ0) is 24.1. The highest BCUT2D eigenvalue weighted by Gasteiger charge is 2.35. The minimum Gasteiger partial charge on any atom is -0.489 e. The summed E-state index contributed by atoms with van der Waals surface area (Å²) in [7, 11) is 0. The first-order valence-electron chi connectivity index (χ1n) is 10.4. The van der Waals surface area contributed by atoms with Crippen LogP contribution in [0.15, 0.2) is 71.8 Å². The molecule has 0 unspecified atom stereocenters. The van der Waals surface area contributed by atoms with Gasteiger partial charge in [0.1, 0.15) is 18.2 Å². The van der Waals surface area contributed by atoms with Gasteiger partial charge < -0.3 is 9.64 Å². The highest BCUT2D eigenvalue weighted by Crippen LogP contribution is 2.26. The molecule has 0 saturated carbocycles. The van der Waals surface area contributed by atoms with Crippen LogP contribution in [0.1, 0.15) is 17.5 Å². The molecule has 0 aromatic heterocycles. The van der Waals surface area contributed by atoms with E-state index in [-0.39, 0.29) is 37.2 Å². The molecule has 3 aromatic carbocycles. The van der Waals surface area contributed by atoms with Gasteiger partial charge in [0.2, 0.25) is 11.8 Å². The molecule has 174 valence electrons. The largest absolute Gasteiger partial charge is 0.489 e. The third kappa shape index (κ3) is 5.92. The Morgan fingerprint density at radius 3 is 2.71 bits per heavy atom. The standard InChI is InChI=1S/C25H20Cl2FN3O3/c26-19-5-4-17(23(27)12-19)15-34-22-3-1-2-16(10-22)13-29-30-25(33)18-11-24(32)31(14-18)21-8-6-20(28)7-9-21/h1-10,12-13,18H,11,14-15H2,(H,30,33)/b29-13-/t18-/m0/s1. The Morgan fingerprint density at radius 2 is 1.94 bits per heavy atom. The zero-order valence-corrected chi connectivity index (χ0v) is 19.4. The Kier molecular flexibility index (Phi) is 7.45. The van der Waals surface area contributed by atoms with Crippen molar-refractivity contribution in [3.63, 3.8) is 0 Å². The molecule has 1 saturated heterocycles. The fourth-order valence-electron chi connectivity index (χ4n) is 3.50. The Balaban J connectivity index is 1.31. The summed E-state index contributed by atoms with van der Waals surface area (Å²) < 4.78 is 18.9. The molecule has 3 aromatic rings. The maximum absolute atomic E-state index is 13.1. The second-order valence-corrected chi connectivity index (χ2v) is 8.56. The highest BCUT2D eigenvalue weighted by molar-refractivity contribution is 6.35. The van der Waals surface area contributed by atoms with E-state index in [1.54, 1.807) is 36.4 Å². The van der Waals surface area contributed by atoms with Gasteiger partial charge in [-0.05, 0) is 54.1 Å². The van der Waals surface area contributed by atoms with Crippen LogP contribution >= 0.6 is 23.2 Å². The minimum atomic E-state index is -0.548. The SMILES string of the molecule is O=C(N/N=C\c1cccc(OCc2ccc(Cl)cc2Cl)c1)[C@H]1CC(=O)N(c2ccc(F)cc2)C1. The third-order valence-corrected chi connectivity index (χ3v) is 5.88. The summed E-state index contributed by atoms with van der Waals surface area (Å²) in [4.78, 5) is 26.3. The molecule has 0 bridgehead atoms. The van der Waals surface area contributed by atoms with Crippen molar-refractivity contribution in [2.75, 3.05) is 11.4 Å². The summed E-state index contributed by atoms with van der Waals surface area (Å²) in [5.74, 6) is -0.881. The van der Waals surface area contributed by atoms with Gasteiger partial charge in [0.15, 0.2) is 0 Å². The lowest BCUT2D eigenvalue weighted by atomic mass is 10.1. The van der Waals surface area contributed by atoms with Crippen LogP contribution in [0.5, 0.6) is 5.75 Å². The van der Waals surface area contributed by atoms with Crippen LogP contribution < -0.4 is 15.1 Å². The zero-order valence-electron chi connectivity index (χ0n) is 17.9. The van der Waals surface area contributed by atoms with E-state index in [1.807, 2.05) is 6.07 Å². The number of nitrogens with one attached hydrogen (secondary N) is 1. The average molecular weight is 500 g/mol. The lowest BCUT2D eigenvalue weighted by molar-refractivity contribution is -0.126. The molecule has 34 heavy (non-hydrogen) atoms. The van der Waals surface area contributed by atoms with Crippen LogP contribution in [0.4, 0.5) is 10.1 Å². The second-order valence-electron chi connectivity index (χ2n) is 7.71. The van der Waals surface area contributed by atoms with Gasteiger partial charge in [0.05, 0.1) is 12.1 Å². The summed E-state index contributed by atoms with van der Waals surface area (Å²) in [5.41, 5.74) is 4.56. The number of anilines is 1. The number of rotatable bonds is 7. The van der Waals surface area contributed by atoms with Crippen LogP contribution in [0.2, 0.25) is 10.0 Å². The molecular weight excluding hydrogens is 480 g/mol. The molecule has 1 aliphatic heterocycles. The molecule has 1 atom stereocenters. The van der Waals surface area contributed by atoms with E-state index in [4.69, 9.17) is 27.9 Å². The number of nitrogens with zero attached hydrogens (tertiary/aromatic N) is 2. The maximum atomic E-state index is 13.1. The molecular formula is C25H20Cl2FN3O3. The normalized spacial score (nSPS) is 15.7. The quantitative estimate of drug-likeness (QED) is 0.358. The smallest absolute Gasteiger partial charge is 0.245 e. The predicted octanol–water partition coefficient (Wildman–Crippen LogP) is 5.21. The minimum absolute atomic E-state index is 0.0648. The van der Waals surface area contributed by atoms with Crippen LogP contribution in [-0.2, 0) is 16.2 Å². The maximum Gasteiger partial charge on any atom is 0.245 e. The number of halogens is 3. The first kappa shape index (κ1) is 23.7. The molecule has 6 nitrogen and oxygen atoms in total. The van der Waals surface area contributed by atoms with Crippen molar-refractivity contribution in [2.24, 2.45) is 11.0 Å². The third-order valence-electron chi connectivity index (χ3n) is 5.29. The van der Waals surface area contributed by atoms with Gasteiger partial charge >= 0.3 is 0 Å². The first-order chi connectivity index (χ1) is 16.4.